The van der Waals surface area contributed by atoms with Crippen molar-refractivity contribution in [3.05, 3.63) is 35.7 Å². The summed E-state index contributed by atoms with van der Waals surface area (Å²) >= 11 is 0. The Morgan fingerprint density at radius 3 is 2.81 bits per heavy atom. The predicted octanol–water partition coefficient (Wildman–Crippen LogP) is 2.36. The van der Waals surface area contributed by atoms with Gasteiger partial charge in [-0.2, -0.15) is 4.98 Å². The van der Waals surface area contributed by atoms with E-state index in [1.54, 1.807) is 0 Å². The fourth-order valence-corrected chi connectivity index (χ4v) is 2.80. The minimum absolute atomic E-state index is 0.321. The molecule has 0 radical (unpaired) electrons. The Morgan fingerprint density at radius 1 is 1.33 bits per heavy atom. The van der Waals surface area contributed by atoms with Gasteiger partial charge in [0.1, 0.15) is 0 Å². The third kappa shape index (κ3) is 3.31. The van der Waals surface area contributed by atoms with E-state index in [9.17, 15) is 0 Å². The molecule has 0 amide bonds. The maximum Gasteiger partial charge on any atom is 0.241 e. The molecule has 0 aliphatic carbocycles. The Hall–Kier alpha value is -1.72. The number of hydrogen-bond acceptors (Lipinski definition) is 5. The zero-order valence-electron chi connectivity index (χ0n) is 12.6. The standard InChI is InChI=1S/C16H22N4O/c1-11-3-5-13(6-4-11)16-18-15(21-19-16)10-20-8-7-14(17)9-12(20)2/h3-6,12,14H,7-10,17H2,1-2H3. The van der Waals surface area contributed by atoms with Crippen LogP contribution in [0.5, 0.6) is 0 Å². The zero-order chi connectivity index (χ0) is 14.8. The molecule has 1 aromatic heterocycles. The van der Waals surface area contributed by atoms with Crippen LogP contribution in [-0.4, -0.2) is 33.7 Å². The summed E-state index contributed by atoms with van der Waals surface area (Å²) < 4.78 is 5.39. The van der Waals surface area contributed by atoms with Gasteiger partial charge in [0.15, 0.2) is 0 Å². The molecule has 2 atom stereocenters. The van der Waals surface area contributed by atoms with Gasteiger partial charge in [-0.15, -0.1) is 0 Å². The highest BCUT2D eigenvalue weighted by Gasteiger charge is 2.24. The minimum atomic E-state index is 0.321. The van der Waals surface area contributed by atoms with E-state index in [4.69, 9.17) is 10.3 Å². The predicted molar refractivity (Wildman–Crippen MR) is 81.6 cm³/mol. The van der Waals surface area contributed by atoms with Gasteiger partial charge < -0.3 is 10.3 Å². The SMILES string of the molecule is Cc1ccc(-c2noc(CN3CCC(N)CC3C)n2)cc1. The third-order valence-corrected chi connectivity index (χ3v) is 4.17. The summed E-state index contributed by atoms with van der Waals surface area (Å²) in [6.45, 7) is 5.96. The second kappa shape index (κ2) is 5.95. The molecule has 1 fully saturated rings. The molecule has 21 heavy (non-hydrogen) atoms. The first-order valence-electron chi connectivity index (χ1n) is 7.51. The van der Waals surface area contributed by atoms with Crippen LogP contribution >= 0.6 is 0 Å². The number of nitrogens with zero attached hydrogens (tertiary/aromatic N) is 3. The Balaban J connectivity index is 1.69. The van der Waals surface area contributed by atoms with Gasteiger partial charge in [0, 0.05) is 24.2 Å². The summed E-state index contributed by atoms with van der Waals surface area (Å²) in [7, 11) is 0. The summed E-state index contributed by atoms with van der Waals surface area (Å²) in [6.07, 6.45) is 2.06. The van der Waals surface area contributed by atoms with Crippen molar-refractivity contribution in [2.75, 3.05) is 6.54 Å². The largest absolute Gasteiger partial charge is 0.338 e. The van der Waals surface area contributed by atoms with Crippen LogP contribution in [0.4, 0.5) is 0 Å². The van der Waals surface area contributed by atoms with Gasteiger partial charge in [0.05, 0.1) is 6.54 Å². The number of likely N-dealkylation sites (tertiary alicyclic amines) is 1. The van der Waals surface area contributed by atoms with Gasteiger partial charge in [0.25, 0.3) is 0 Å². The van der Waals surface area contributed by atoms with E-state index in [0.29, 0.717) is 30.3 Å². The fraction of sp³-hybridized carbons (Fsp3) is 0.500. The molecule has 1 aliphatic rings. The van der Waals surface area contributed by atoms with E-state index >= 15 is 0 Å². The molecule has 2 N–H and O–H groups in total. The van der Waals surface area contributed by atoms with Crippen LogP contribution < -0.4 is 5.73 Å². The first-order chi connectivity index (χ1) is 10.1. The quantitative estimate of drug-likeness (QED) is 0.938. The number of hydrogen-bond donors (Lipinski definition) is 1. The fourth-order valence-electron chi connectivity index (χ4n) is 2.80. The van der Waals surface area contributed by atoms with Crippen molar-refractivity contribution in [2.45, 2.75) is 45.3 Å². The van der Waals surface area contributed by atoms with Crippen LogP contribution in [0.25, 0.3) is 11.4 Å². The smallest absolute Gasteiger partial charge is 0.241 e. The van der Waals surface area contributed by atoms with Crippen molar-refractivity contribution >= 4 is 0 Å². The highest BCUT2D eigenvalue weighted by Crippen LogP contribution is 2.20. The molecule has 5 nitrogen and oxygen atoms in total. The number of piperidine rings is 1. The van der Waals surface area contributed by atoms with Gasteiger partial charge >= 0.3 is 0 Å². The van der Waals surface area contributed by atoms with Crippen LogP contribution in [0.3, 0.4) is 0 Å². The van der Waals surface area contributed by atoms with Crippen LogP contribution in [0.2, 0.25) is 0 Å². The van der Waals surface area contributed by atoms with Crippen molar-refractivity contribution in [1.82, 2.24) is 15.0 Å². The van der Waals surface area contributed by atoms with Gasteiger partial charge in [-0.1, -0.05) is 35.0 Å². The molecule has 3 rings (SSSR count). The number of benzene rings is 1. The molecule has 112 valence electrons. The molecule has 0 saturated carbocycles. The van der Waals surface area contributed by atoms with Gasteiger partial charge in [-0.05, 0) is 26.7 Å². The highest BCUT2D eigenvalue weighted by molar-refractivity contribution is 5.54. The molecule has 5 heteroatoms. The van der Waals surface area contributed by atoms with Gasteiger partial charge in [-0.25, -0.2) is 0 Å². The third-order valence-electron chi connectivity index (χ3n) is 4.17. The zero-order valence-corrected chi connectivity index (χ0v) is 12.6. The van der Waals surface area contributed by atoms with Crippen molar-refractivity contribution in [1.29, 1.82) is 0 Å². The Labute approximate surface area is 125 Å². The van der Waals surface area contributed by atoms with E-state index < -0.39 is 0 Å². The monoisotopic (exact) mass is 286 g/mol. The second-order valence-electron chi connectivity index (χ2n) is 5.98. The molecule has 2 aromatic rings. The average Bonchev–Trinajstić information content (AvgIpc) is 2.91. The molecule has 0 bridgehead atoms. The minimum Gasteiger partial charge on any atom is -0.338 e. The first-order valence-corrected chi connectivity index (χ1v) is 7.51. The topological polar surface area (TPSA) is 68.2 Å². The maximum atomic E-state index is 5.99. The van der Waals surface area contributed by atoms with E-state index in [0.717, 1.165) is 24.9 Å². The lowest BCUT2D eigenvalue weighted by Crippen LogP contribution is -2.45. The molecule has 1 aromatic carbocycles. The van der Waals surface area contributed by atoms with Crippen LogP contribution in [-0.2, 0) is 6.54 Å². The molecule has 2 unspecified atom stereocenters. The summed E-state index contributed by atoms with van der Waals surface area (Å²) in [5.41, 5.74) is 8.21. The number of aromatic nitrogens is 2. The van der Waals surface area contributed by atoms with Crippen LogP contribution in [0.15, 0.2) is 28.8 Å². The van der Waals surface area contributed by atoms with Gasteiger partial charge in [-0.3, -0.25) is 4.90 Å². The van der Waals surface area contributed by atoms with Crippen molar-refractivity contribution in [2.24, 2.45) is 5.73 Å². The summed E-state index contributed by atoms with van der Waals surface area (Å²) in [5.74, 6) is 1.33. The van der Waals surface area contributed by atoms with E-state index in [-0.39, 0.29) is 0 Å². The van der Waals surface area contributed by atoms with Crippen molar-refractivity contribution < 1.29 is 4.52 Å². The number of rotatable bonds is 3. The molecule has 1 aliphatic heterocycles. The molecule has 1 saturated heterocycles. The summed E-state index contributed by atoms with van der Waals surface area (Å²) in [4.78, 5) is 6.86. The van der Waals surface area contributed by atoms with E-state index in [2.05, 4.69) is 41.0 Å². The van der Waals surface area contributed by atoms with Crippen molar-refractivity contribution in [3.8, 4) is 11.4 Å². The Morgan fingerprint density at radius 2 is 2.10 bits per heavy atom. The summed E-state index contributed by atoms with van der Waals surface area (Å²) in [5, 5.41) is 4.08. The van der Waals surface area contributed by atoms with Crippen LogP contribution in [0, 0.1) is 6.92 Å². The van der Waals surface area contributed by atoms with Crippen molar-refractivity contribution in [3.63, 3.8) is 0 Å². The Bertz CT molecular complexity index is 593. The molecule has 2 heterocycles. The second-order valence-corrected chi connectivity index (χ2v) is 5.98. The number of nitrogens with two attached hydrogens (primary N) is 1. The molecular formula is C16H22N4O. The summed E-state index contributed by atoms with van der Waals surface area (Å²) in [6, 6.07) is 8.93. The molecular weight excluding hydrogens is 264 g/mol. The van der Waals surface area contributed by atoms with Gasteiger partial charge in [0.2, 0.25) is 11.7 Å². The van der Waals surface area contributed by atoms with E-state index in [1.807, 2.05) is 12.1 Å². The number of aryl methyl sites for hydroxylation is 1. The first kappa shape index (κ1) is 14.2. The average molecular weight is 286 g/mol. The Kier molecular flexibility index (Phi) is 4.03. The lowest BCUT2D eigenvalue weighted by molar-refractivity contribution is 0.124. The van der Waals surface area contributed by atoms with Crippen LogP contribution in [0.1, 0.15) is 31.2 Å². The molecule has 0 spiro atoms. The highest BCUT2D eigenvalue weighted by atomic mass is 16.5. The maximum absolute atomic E-state index is 5.99. The lowest BCUT2D eigenvalue weighted by atomic mass is 9.99. The van der Waals surface area contributed by atoms with E-state index in [1.165, 1.54) is 5.56 Å². The lowest BCUT2D eigenvalue weighted by Gasteiger charge is -2.35. The normalized spacial score (nSPS) is 23.4.